The molecule has 0 saturated carbocycles. The Hall–Kier alpha value is -0.900. The van der Waals surface area contributed by atoms with Crippen LogP contribution >= 0.6 is 0 Å². The molecule has 0 aromatic heterocycles. The smallest absolute Gasteiger partial charge is 0.410 e. The number of carbonyl (C=O) groups is 1. The van der Waals surface area contributed by atoms with Gasteiger partial charge in [0.25, 0.3) is 0 Å². The molecular weight excluding hydrogens is 298 g/mol. The van der Waals surface area contributed by atoms with Gasteiger partial charge in [-0.2, -0.15) is 8.42 Å². The minimum absolute atomic E-state index is 0.0745. The zero-order valence-corrected chi connectivity index (χ0v) is 13.7. The van der Waals surface area contributed by atoms with Crippen molar-refractivity contribution >= 4 is 16.4 Å². The number of nitrogens with zero attached hydrogens (tertiary/aromatic N) is 2. The average molecular weight is 323 g/mol. The SMILES string of the molecule is CC(C)(C)OC(=O)N1CCN(CCCOS(N)(=O)=O)CC1. The summed E-state index contributed by atoms with van der Waals surface area (Å²) in [5.41, 5.74) is -0.487. The summed E-state index contributed by atoms with van der Waals surface area (Å²) in [6.07, 6.45) is 0.280. The van der Waals surface area contributed by atoms with Gasteiger partial charge in [0.1, 0.15) is 5.60 Å². The highest BCUT2D eigenvalue weighted by Crippen LogP contribution is 2.11. The number of rotatable bonds is 5. The van der Waals surface area contributed by atoms with Crippen LogP contribution in [0.1, 0.15) is 27.2 Å². The summed E-state index contributed by atoms with van der Waals surface area (Å²) >= 11 is 0. The number of hydrogen-bond donors (Lipinski definition) is 1. The zero-order valence-electron chi connectivity index (χ0n) is 12.9. The van der Waals surface area contributed by atoms with Gasteiger partial charge in [0.15, 0.2) is 0 Å². The van der Waals surface area contributed by atoms with E-state index in [4.69, 9.17) is 9.88 Å². The molecule has 1 aliphatic heterocycles. The molecule has 1 heterocycles. The van der Waals surface area contributed by atoms with Crippen molar-refractivity contribution in [3.63, 3.8) is 0 Å². The lowest BCUT2D eigenvalue weighted by atomic mass is 10.2. The number of carbonyl (C=O) groups excluding carboxylic acids is 1. The zero-order chi connectivity index (χ0) is 16.1. The summed E-state index contributed by atoms with van der Waals surface area (Å²) in [5, 5.41) is 4.73. The monoisotopic (exact) mass is 323 g/mol. The third-order valence-electron chi connectivity index (χ3n) is 2.89. The molecule has 8 nitrogen and oxygen atoms in total. The lowest BCUT2D eigenvalue weighted by molar-refractivity contribution is 0.0142. The van der Waals surface area contributed by atoms with Crippen molar-refractivity contribution in [2.24, 2.45) is 5.14 Å². The molecule has 1 aliphatic rings. The van der Waals surface area contributed by atoms with Gasteiger partial charge in [0, 0.05) is 32.7 Å². The van der Waals surface area contributed by atoms with Gasteiger partial charge < -0.3 is 9.64 Å². The van der Waals surface area contributed by atoms with Crippen LogP contribution in [0.5, 0.6) is 0 Å². The number of piperazine rings is 1. The van der Waals surface area contributed by atoms with Crippen LogP contribution in [0.15, 0.2) is 0 Å². The van der Waals surface area contributed by atoms with Crippen molar-refractivity contribution in [2.75, 3.05) is 39.3 Å². The van der Waals surface area contributed by atoms with Gasteiger partial charge in [-0.1, -0.05) is 0 Å². The molecule has 9 heteroatoms. The fourth-order valence-corrected chi connectivity index (χ4v) is 2.29. The van der Waals surface area contributed by atoms with Crippen LogP contribution in [0.25, 0.3) is 0 Å². The van der Waals surface area contributed by atoms with E-state index in [0.29, 0.717) is 26.1 Å². The first-order valence-corrected chi connectivity index (χ1v) is 8.41. The van der Waals surface area contributed by atoms with E-state index in [1.54, 1.807) is 4.90 Å². The topological polar surface area (TPSA) is 102 Å². The average Bonchev–Trinajstić information content (AvgIpc) is 2.32. The Kier molecular flexibility index (Phi) is 6.39. The van der Waals surface area contributed by atoms with Gasteiger partial charge >= 0.3 is 16.4 Å². The molecule has 0 aromatic carbocycles. The standard InChI is InChI=1S/C12H25N3O5S/c1-12(2,3)20-11(16)15-8-6-14(7-9-15)5-4-10-19-21(13,17)18/h4-10H2,1-3H3,(H2,13,17,18). The van der Waals surface area contributed by atoms with Gasteiger partial charge in [-0.15, -0.1) is 0 Å². The van der Waals surface area contributed by atoms with Crippen molar-refractivity contribution in [3.05, 3.63) is 0 Å². The molecular formula is C12H25N3O5S. The Balaban J connectivity index is 2.22. The molecule has 124 valence electrons. The maximum Gasteiger partial charge on any atom is 0.410 e. The van der Waals surface area contributed by atoms with E-state index in [0.717, 1.165) is 13.1 Å². The Labute approximate surface area is 126 Å². The third kappa shape index (κ3) is 8.20. The fraction of sp³-hybridized carbons (Fsp3) is 0.917. The third-order valence-corrected chi connectivity index (χ3v) is 3.39. The molecule has 1 saturated heterocycles. The molecule has 2 N–H and O–H groups in total. The summed E-state index contributed by atoms with van der Waals surface area (Å²) in [5.74, 6) is 0. The van der Waals surface area contributed by atoms with Crippen molar-refractivity contribution in [1.82, 2.24) is 9.80 Å². The van der Waals surface area contributed by atoms with Crippen LogP contribution in [0.2, 0.25) is 0 Å². The maximum atomic E-state index is 11.9. The first kappa shape index (κ1) is 18.1. The predicted molar refractivity (Wildman–Crippen MR) is 77.9 cm³/mol. The number of amides is 1. The summed E-state index contributed by atoms with van der Waals surface area (Å²) < 4.78 is 31.0. The van der Waals surface area contributed by atoms with Gasteiger partial charge in [-0.05, 0) is 27.2 Å². The molecule has 0 bridgehead atoms. The van der Waals surface area contributed by atoms with Crippen LogP contribution in [-0.2, 0) is 19.2 Å². The van der Waals surface area contributed by atoms with E-state index < -0.39 is 15.9 Å². The van der Waals surface area contributed by atoms with Crippen molar-refractivity contribution in [2.45, 2.75) is 32.8 Å². The van der Waals surface area contributed by atoms with E-state index in [-0.39, 0.29) is 12.7 Å². The van der Waals surface area contributed by atoms with Gasteiger partial charge in [0.05, 0.1) is 6.61 Å². The second-order valence-electron chi connectivity index (χ2n) is 5.98. The molecule has 0 radical (unpaired) electrons. The summed E-state index contributed by atoms with van der Waals surface area (Å²) in [4.78, 5) is 15.7. The molecule has 0 aliphatic carbocycles. The second-order valence-corrected chi connectivity index (χ2v) is 7.20. The molecule has 0 unspecified atom stereocenters. The number of nitrogens with two attached hydrogens (primary N) is 1. The van der Waals surface area contributed by atoms with Crippen LogP contribution in [-0.4, -0.2) is 69.2 Å². The predicted octanol–water partition coefficient (Wildman–Crippen LogP) is 0.149. The highest BCUT2D eigenvalue weighted by Gasteiger charge is 2.25. The number of hydrogen-bond acceptors (Lipinski definition) is 6. The fourth-order valence-electron chi connectivity index (χ4n) is 1.94. The van der Waals surface area contributed by atoms with Gasteiger partial charge in [-0.3, -0.25) is 9.08 Å². The molecule has 0 atom stereocenters. The van der Waals surface area contributed by atoms with E-state index in [1.807, 2.05) is 20.8 Å². The van der Waals surface area contributed by atoms with Crippen molar-refractivity contribution in [1.29, 1.82) is 0 Å². The van der Waals surface area contributed by atoms with Crippen molar-refractivity contribution < 1.29 is 22.1 Å². The molecule has 1 fully saturated rings. The quantitative estimate of drug-likeness (QED) is 0.723. The summed E-state index contributed by atoms with van der Waals surface area (Å²) in [6, 6.07) is 0. The van der Waals surface area contributed by atoms with E-state index in [1.165, 1.54) is 0 Å². The minimum Gasteiger partial charge on any atom is -0.444 e. The summed E-state index contributed by atoms with van der Waals surface area (Å²) in [6.45, 7) is 8.97. The highest BCUT2D eigenvalue weighted by atomic mass is 32.2. The Morgan fingerprint density at radius 1 is 1.19 bits per heavy atom. The molecule has 0 aromatic rings. The first-order chi connectivity index (χ1) is 9.57. The normalized spacial score (nSPS) is 17.8. The molecule has 0 spiro atoms. The van der Waals surface area contributed by atoms with Gasteiger partial charge in [0.2, 0.25) is 0 Å². The highest BCUT2D eigenvalue weighted by molar-refractivity contribution is 7.84. The second kappa shape index (κ2) is 7.39. The number of ether oxygens (including phenoxy) is 1. The van der Waals surface area contributed by atoms with Crippen LogP contribution in [0.4, 0.5) is 4.79 Å². The maximum absolute atomic E-state index is 11.9. The lowest BCUT2D eigenvalue weighted by Crippen LogP contribution is -2.50. The van der Waals surface area contributed by atoms with Crippen molar-refractivity contribution in [3.8, 4) is 0 Å². The lowest BCUT2D eigenvalue weighted by Gasteiger charge is -2.35. The minimum atomic E-state index is -3.85. The largest absolute Gasteiger partial charge is 0.444 e. The Morgan fingerprint density at radius 3 is 2.24 bits per heavy atom. The van der Waals surface area contributed by atoms with Crippen LogP contribution in [0, 0.1) is 0 Å². The Bertz CT molecular complexity index is 438. The van der Waals surface area contributed by atoms with Crippen LogP contribution < -0.4 is 5.14 Å². The first-order valence-electron chi connectivity index (χ1n) is 6.94. The Morgan fingerprint density at radius 2 is 1.76 bits per heavy atom. The van der Waals surface area contributed by atoms with E-state index >= 15 is 0 Å². The van der Waals surface area contributed by atoms with Gasteiger partial charge in [-0.25, -0.2) is 9.93 Å². The van der Waals surface area contributed by atoms with Crippen LogP contribution in [0.3, 0.4) is 0 Å². The van der Waals surface area contributed by atoms with E-state index in [9.17, 15) is 13.2 Å². The molecule has 1 rings (SSSR count). The summed E-state index contributed by atoms with van der Waals surface area (Å²) in [7, 11) is -3.85. The molecule has 21 heavy (non-hydrogen) atoms. The van der Waals surface area contributed by atoms with E-state index in [2.05, 4.69) is 9.08 Å². The molecule has 1 amide bonds.